The average Bonchev–Trinajstić information content (AvgIpc) is 3.35. The molecule has 0 radical (unpaired) electrons. The number of thiazole rings is 1. The Morgan fingerprint density at radius 3 is 2.79 bits per heavy atom. The van der Waals surface area contributed by atoms with Crippen LogP contribution in [0.1, 0.15) is 40.3 Å². The highest BCUT2D eigenvalue weighted by Gasteiger charge is 2.30. The second-order valence-electron chi connectivity index (χ2n) is 8.56. The Kier molecular flexibility index (Phi) is 7.63. The monoisotopic (exact) mass is 542 g/mol. The van der Waals surface area contributed by atoms with E-state index in [1.165, 1.54) is 6.08 Å². The molecule has 1 aliphatic rings. The maximum atomic E-state index is 13.1. The number of likely N-dealkylation sites (tertiary alicyclic amines) is 1. The lowest BCUT2D eigenvalue weighted by atomic mass is 10.0. The number of fused-ring (bicyclic) bond motifs is 1. The molecule has 7 nitrogen and oxygen atoms in total. The van der Waals surface area contributed by atoms with Crippen molar-refractivity contribution < 1.29 is 14.4 Å². The second kappa shape index (κ2) is 10.7. The fraction of sp³-hybridized carbons (Fsp3) is 0.360. The van der Waals surface area contributed by atoms with Crippen LogP contribution in [-0.4, -0.2) is 51.2 Å². The van der Waals surface area contributed by atoms with E-state index in [-0.39, 0.29) is 30.2 Å². The summed E-state index contributed by atoms with van der Waals surface area (Å²) in [6.07, 6.45) is 6.11. The van der Waals surface area contributed by atoms with Crippen LogP contribution in [0.15, 0.2) is 46.9 Å². The SMILES string of the molecule is C=CC(=O)N1CC(NC(=O)Cn2cc(C(=O)CCCCc3nc(C)cs3)c3cc(Br)ccc32)C1. The molecule has 0 bridgehead atoms. The highest BCUT2D eigenvalue weighted by Crippen LogP contribution is 2.27. The van der Waals surface area contributed by atoms with Crippen LogP contribution in [-0.2, 0) is 22.6 Å². The summed E-state index contributed by atoms with van der Waals surface area (Å²) in [5, 5.41) is 6.96. The number of Topliss-reactive ketones (excluding diaryl/α,β-unsaturated/α-hetero) is 1. The molecule has 178 valence electrons. The maximum Gasteiger partial charge on any atom is 0.246 e. The van der Waals surface area contributed by atoms with Gasteiger partial charge in [-0.15, -0.1) is 11.3 Å². The number of ketones is 1. The number of carbonyl (C=O) groups excluding carboxylic acids is 3. The normalized spacial score (nSPS) is 13.6. The minimum atomic E-state index is -0.145. The molecular weight excluding hydrogens is 516 g/mol. The van der Waals surface area contributed by atoms with Crippen molar-refractivity contribution in [1.82, 2.24) is 19.8 Å². The zero-order chi connectivity index (χ0) is 24.2. The number of hydrogen-bond acceptors (Lipinski definition) is 5. The van der Waals surface area contributed by atoms with E-state index in [1.54, 1.807) is 22.4 Å². The van der Waals surface area contributed by atoms with Crippen LogP contribution in [0.5, 0.6) is 0 Å². The van der Waals surface area contributed by atoms with E-state index in [1.807, 2.05) is 35.1 Å². The van der Waals surface area contributed by atoms with Gasteiger partial charge in [0.2, 0.25) is 11.8 Å². The Balaban J connectivity index is 1.38. The van der Waals surface area contributed by atoms with E-state index in [4.69, 9.17) is 0 Å². The summed E-state index contributed by atoms with van der Waals surface area (Å²) in [4.78, 5) is 43.4. The zero-order valence-electron chi connectivity index (χ0n) is 19.1. The number of rotatable bonds is 10. The summed E-state index contributed by atoms with van der Waals surface area (Å²) in [5.41, 5.74) is 2.52. The zero-order valence-corrected chi connectivity index (χ0v) is 21.5. The largest absolute Gasteiger partial charge is 0.348 e. The van der Waals surface area contributed by atoms with E-state index in [9.17, 15) is 14.4 Å². The van der Waals surface area contributed by atoms with Gasteiger partial charge in [-0.25, -0.2) is 4.98 Å². The Bertz CT molecular complexity index is 1240. The fourth-order valence-electron chi connectivity index (χ4n) is 4.14. The van der Waals surface area contributed by atoms with Gasteiger partial charge in [0.1, 0.15) is 6.54 Å². The summed E-state index contributed by atoms with van der Waals surface area (Å²) in [6, 6.07) is 5.70. The second-order valence-corrected chi connectivity index (χ2v) is 10.4. The van der Waals surface area contributed by atoms with Crippen LogP contribution in [0.3, 0.4) is 0 Å². The number of hydrogen-bond donors (Lipinski definition) is 1. The van der Waals surface area contributed by atoms with Crippen molar-refractivity contribution in [3.8, 4) is 0 Å². The molecule has 0 aliphatic carbocycles. The molecule has 3 heterocycles. The van der Waals surface area contributed by atoms with E-state index in [0.29, 0.717) is 25.1 Å². The summed E-state index contributed by atoms with van der Waals surface area (Å²) < 4.78 is 2.71. The Morgan fingerprint density at radius 2 is 2.09 bits per heavy atom. The molecule has 1 aliphatic heterocycles. The van der Waals surface area contributed by atoms with Gasteiger partial charge in [0.15, 0.2) is 5.78 Å². The smallest absolute Gasteiger partial charge is 0.246 e. The fourth-order valence-corrected chi connectivity index (χ4v) is 5.32. The topological polar surface area (TPSA) is 84.3 Å². The van der Waals surface area contributed by atoms with E-state index in [2.05, 4.69) is 32.8 Å². The molecule has 0 atom stereocenters. The lowest BCUT2D eigenvalue weighted by Gasteiger charge is -2.38. The molecule has 2 aromatic heterocycles. The van der Waals surface area contributed by atoms with Gasteiger partial charge in [0, 0.05) is 57.7 Å². The quantitative estimate of drug-likeness (QED) is 0.235. The first kappa shape index (κ1) is 24.3. The van der Waals surface area contributed by atoms with Crippen LogP contribution in [0, 0.1) is 6.92 Å². The Hall–Kier alpha value is -2.78. The minimum Gasteiger partial charge on any atom is -0.348 e. The third-order valence-corrected chi connectivity index (χ3v) is 7.42. The molecular formula is C25H27BrN4O3S. The number of benzene rings is 1. The minimum absolute atomic E-state index is 0.0601. The molecule has 0 spiro atoms. The first-order chi connectivity index (χ1) is 16.3. The number of nitrogens with zero attached hydrogens (tertiary/aromatic N) is 3. The van der Waals surface area contributed by atoms with E-state index >= 15 is 0 Å². The average molecular weight is 543 g/mol. The number of aryl methyl sites for hydroxylation is 2. The van der Waals surface area contributed by atoms with E-state index < -0.39 is 0 Å². The van der Waals surface area contributed by atoms with Gasteiger partial charge in [-0.3, -0.25) is 14.4 Å². The molecule has 1 fully saturated rings. The lowest BCUT2D eigenvalue weighted by molar-refractivity contribution is -0.133. The van der Waals surface area contributed by atoms with Crippen molar-refractivity contribution in [2.75, 3.05) is 13.1 Å². The number of nitrogens with one attached hydrogen (secondary N) is 1. The number of aromatic nitrogens is 2. The molecule has 34 heavy (non-hydrogen) atoms. The molecule has 9 heteroatoms. The van der Waals surface area contributed by atoms with Gasteiger partial charge < -0.3 is 14.8 Å². The van der Waals surface area contributed by atoms with Gasteiger partial charge in [0.05, 0.1) is 11.0 Å². The molecule has 1 aromatic carbocycles. The van der Waals surface area contributed by atoms with Crippen LogP contribution >= 0.6 is 27.3 Å². The molecule has 1 saturated heterocycles. The van der Waals surface area contributed by atoms with Crippen molar-refractivity contribution in [1.29, 1.82) is 0 Å². The van der Waals surface area contributed by atoms with Crippen molar-refractivity contribution in [3.63, 3.8) is 0 Å². The summed E-state index contributed by atoms with van der Waals surface area (Å²) in [5.74, 6) is -0.194. The molecule has 4 rings (SSSR count). The summed E-state index contributed by atoms with van der Waals surface area (Å²) in [6.45, 7) is 6.55. The third kappa shape index (κ3) is 5.64. The molecule has 3 aromatic rings. The maximum absolute atomic E-state index is 13.1. The van der Waals surface area contributed by atoms with E-state index in [0.717, 1.165) is 45.3 Å². The van der Waals surface area contributed by atoms with Crippen molar-refractivity contribution >= 4 is 55.8 Å². The van der Waals surface area contributed by atoms with Gasteiger partial charge in [-0.1, -0.05) is 22.5 Å². The van der Waals surface area contributed by atoms with Crippen molar-refractivity contribution in [2.45, 2.75) is 45.2 Å². The first-order valence-corrected chi connectivity index (χ1v) is 12.9. The Labute approximate surface area is 211 Å². The van der Waals surface area contributed by atoms with Crippen LogP contribution in [0.4, 0.5) is 0 Å². The van der Waals surface area contributed by atoms with Gasteiger partial charge in [-0.2, -0.15) is 0 Å². The van der Waals surface area contributed by atoms with Crippen LogP contribution in [0.2, 0.25) is 0 Å². The van der Waals surface area contributed by atoms with Gasteiger partial charge in [-0.05, 0) is 50.5 Å². The number of carbonyl (C=O) groups is 3. The molecule has 2 amide bonds. The van der Waals surface area contributed by atoms with Crippen molar-refractivity contribution in [3.05, 3.63) is 63.2 Å². The first-order valence-electron chi connectivity index (χ1n) is 11.3. The number of unbranched alkanes of at least 4 members (excludes halogenated alkanes) is 1. The highest BCUT2D eigenvalue weighted by atomic mass is 79.9. The van der Waals surface area contributed by atoms with Crippen molar-refractivity contribution in [2.24, 2.45) is 0 Å². The van der Waals surface area contributed by atoms with Crippen LogP contribution < -0.4 is 5.32 Å². The number of amides is 2. The molecule has 0 unspecified atom stereocenters. The highest BCUT2D eigenvalue weighted by molar-refractivity contribution is 9.10. The van der Waals surface area contributed by atoms with Gasteiger partial charge in [0.25, 0.3) is 0 Å². The molecule has 0 saturated carbocycles. The summed E-state index contributed by atoms with van der Waals surface area (Å²) >= 11 is 5.16. The Morgan fingerprint density at radius 1 is 1.29 bits per heavy atom. The predicted molar refractivity (Wildman–Crippen MR) is 137 cm³/mol. The standard InChI is InChI=1S/C25H27BrN4O3S/c1-3-25(33)30-11-18(12-30)28-23(32)14-29-13-20(19-10-17(26)8-9-21(19)29)22(31)6-4-5-7-24-27-16(2)15-34-24/h3,8-10,13,15,18H,1,4-7,11-12,14H2,2H3,(H,28,32). The predicted octanol–water partition coefficient (Wildman–Crippen LogP) is 4.28. The number of halogens is 1. The molecule has 1 N–H and O–H groups in total. The lowest BCUT2D eigenvalue weighted by Crippen LogP contribution is -2.61. The third-order valence-electron chi connectivity index (χ3n) is 5.90. The van der Waals surface area contributed by atoms with Crippen LogP contribution in [0.25, 0.3) is 10.9 Å². The van der Waals surface area contributed by atoms with Gasteiger partial charge >= 0.3 is 0 Å². The summed E-state index contributed by atoms with van der Waals surface area (Å²) in [7, 11) is 0.